The molecule has 0 radical (unpaired) electrons. The summed E-state index contributed by atoms with van der Waals surface area (Å²) in [6, 6.07) is 0. The fourth-order valence-electron chi connectivity index (χ4n) is 0.780. The number of esters is 1. The van der Waals surface area contributed by atoms with Crippen molar-refractivity contribution in [2.45, 2.75) is 12.5 Å². The van der Waals surface area contributed by atoms with E-state index in [1.54, 1.807) is 12.3 Å². The molecule has 0 amide bonds. The van der Waals surface area contributed by atoms with E-state index in [9.17, 15) is 4.79 Å². The minimum Gasteiger partial charge on any atom is -0.494 e. The Morgan fingerprint density at radius 3 is 3.18 bits per heavy atom. The highest BCUT2D eigenvalue weighted by Crippen LogP contribution is 2.09. The topological polar surface area (TPSA) is 35.5 Å². The normalized spacial score (nSPS) is 22.1. The Kier molecular flexibility index (Phi) is 2.72. The Morgan fingerprint density at radius 2 is 2.64 bits per heavy atom. The van der Waals surface area contributed by atoms with Gasteiger partial charge >= 0.3 is 5.97 Å². The highest BCUT2D eigenvalue weighted by atomic mass is 16.5. The molecule has 0 N–H and O–H groups in total. The van der Waals surface area contributed by atoms with Gasteiger partial charge in [-0.25, -0.2) is 4.79 Å². The Bertz CT molecular complexity index is 186. The molecule has 0 aromatic rings. The number of rotatable bonds is 2. The summed E-state index contributed by atoms with van der Waals surface area (Å²) in [5.41, 5.74) is 0. The summed E-state index contributed by atoms with van der Waals surface area (Å²) >= 11 is 0. The van der Waals surface area contributed by atoms with Gasteiger partial charge in [-0.05, 0) is 12.2 Å². The molecule has 0 bridgehead atoms. The second-order valence-corrected chi connectivity index (χ2v) is 2.16. The van der Waals surface area contributed by atoms with E-state index in [4.69, 9.17) is 4.74 Å². The van der Waals surface area contributed by atoms with Gasteiger partial charge in [0.1, 0.15) is 6.10 Å². The van der Waals surface area contributed by atoms with E-state index in [0.29, 0.717) is 0 Å². The zero-order valence-electron chi connectivity index (χ0n) is 6.32. The van der Waals surface area contributed by atoms with Crippen molar-refractivity contribution in [3.63, 3.8) is 0 Å². The number of hydrogen-bond acceptors (Lipinski definition) is 3. The average Bonchev–Trinajstić information content (AvgIpc) is 2.52. The van der Waals surface area contributed by atoms with E-state index in [1.165, 1.54) is 13.2 Å². The molecule has 0 saturated carbocycles. The fraction of sp³-hybridized carbons (Fsp3) is 0.375. The largest absolute Gasteiger partial charge is 0.494 e. The van der Waals surface area contributed by atoms with Crippen LogP contribution in [0.25, 0.3) is 0 Å². The second kappa shape index (κ2) is 3.81. The van der Waals surface area contributed by atoms with Crippen molar-refractivity contribution in [2.24, 2.45) is 0 Å². The summed E-state index contributed by atoms with van der Waals surface area (Å²) < 4.78 is 9.48. The second-order valence-electron chi connectivity index (χ2n) is 2.16. The van der Waals surface area contributed by atoms with Crippen LogP contribution in [0.1, 0.15) is 6.42 Å². The molecule has 3 nitrogen and oxygen atoms in total. The van der Waals surface area contributed by atoms with Gasteiger partial charge in [0, 0.05) is 12.5 Å². The molecule has 1 heterocycles. The molecular weight excluding hydrogens is 144 g/mol. The van der Waals surface area contributed by atoms with Crippen LogP contribution in [0.15, 0.2) is 24.5 Å². The van der Waals surface area contributed by atoms with Crippen LogP contribution in [-0.2, 0) is 14.3 Å². The molecule has 1 aliphatic heterocycles. The number of methoxy groups -OCH3 is 1. The van der Waals surface area contributed by atoms with Crippen molar-refractivity contribution < 1.29 is 14.3 Å². The lowest BCUT2D eigenvalue weighted by molar-refractivity contribution is -0.134. The van der Waals surface area contributed by atoms with Gasteiger partial charge in [-0.15, -0.1) is 0 Å². The van der Waals surface area contributed by atoms with Crippen molar-refractivity contribution >= 4 is 5.97 Å². The first-order valence-corrected chi connectivity index (χ1v) is 3.39. The first-order chi connectivity index (χ1) is 5.33. The minimum absolute atomic E-state index is 0.00843. The van der Waals surface area contributed by atoms with Crippen molar-refractivity contribution in [1.82, 2.24) is 0 Å². The van der Waals surface area contributed by atoms with Gasteiger partial charge in [-0.3, -0.25) is 0 Å². The molecule has 11 heavy (non-hydrogen) atoms. The Labute approximate surface area is 65.3 Å². The molecule has 0 fully saturated rings. The third-order valence-corrected chi connectivity index (χ3v) is 1.37. The van der Waals surface area contributed by atoms with Gasteiger partial charge < -0.3 is 9.47 Å². The first-order valence-electron chi connectivity index (χ1n) is 3.39. The van der Waals surface area contributed by atoms with Crippen LogP contribution in [0.4, 0.5) is 0 Å². The molecule has 60 valence electrons. The highest BCUT2D eigenvalue weighted by molar-refractivity contribution is 5.81. The van der Waals surface area contributed by atoms with Crippen molar-refractivity contribution in [2.75, 3.05) is 7.11 Å². The monoisotopic (exact) mass is 154 g/mol. The van der Waals surface area contributed by atoms with Crippen LogP contribution in [0.2, 0.25) is 0 Å². The summed E-state index contributed by atoms with van der Waals surface area (Å²) in [6.45, 7) is 0. The van der Waals surface area contributed by atoms with Crippen LogP contribution < -0.4 is 0 Å². The Balaban J connectivity index is 2.29. The maximum absolute atomic E-state index is 10.6. The standard InChI is InChI=1S/C8H10O3/c1-10-8(9)5-4-7-3-2-6-11-7/h2,4-7H,3H2,1H3/b5-4+. The number of carbonyl (C=O) groups excluding carboxylic acids is 1. The van der Waals surface area contributed by atoms with E-state index in [2.05, 4.69) is 4.74 Å². The molecule has 1 unspecified atom stereocenters. The predicted octanol–water partition coefficient (Wildman–Crippen LogP) is 1.02. The average molecular weight is 154 g/mol. The molecule has 0 saturated heterocycles. The third-order valence-electron chi connectivity index (χ3n) is 1.37. The predicted molar refractivity (Wildman–Crippen MR) is 39.8 cm³/mol. The van der Waals surface area contributed by atoms with Gasteiger partial charge in [-0.1, -0.05) is 0 Å². The maximum Gasteiger partial charge on any atom is 0.330 e. The summed E-state index contributed by atoms with van der Waals surface area (Å²) in [5.74, 6) is -0.347. The van der Waals surface area contributed by atoms with E-state index in [1.807, 2.05) is 6.08 Å². The first kappa shape index (κ1) is 7.85. The number of hydrogen-bond donors (Lipinski definition) is 0. The van der Waals surface area contributed by atoms with Crippen molar-refractivity contribution in [1.29, 1.82) is 0 Å². The summed E-state index contributed by atoms with van der Waals surface area (Å²) in [6.07, 6.45) is 7.43. The van der Waals surface area contributed by atoms with E-state index >= 15 is 0 Å². The zero-order chi connectivity index (χ0) is 8.10. The smallest absolute Gasteiger partial charge is 0.330 e. The Morgan fingerprint density at radius 1 is 1.82 bits per heavy atom. The van der Waals surface area contributed by atoms with Gasteiger partial charge in [0.05, 0.1) is 13.4 Å². The summed E-state index contributed by atoms with van der Waals surface area (Å²) in [4.78, 5) is 10.6. The van der Waals surface area contributed by atoms with Gasteiger partial charge in [-0.2, -0.15) is 0 Å². The van der Waals surface area contributed by atoms with Gasteiger partial charge in [0.15, 0.2) is 0 Å². The van der Waals surface area contributed by atoms with E-state index in [-0.39, 0.29) is 12.1 Å². The van der Waals surface area contributed by atoms with Gasteiger partial charge in [0.2, 0.25) is 0 Å². The molecule has 1 rings (SSSR count). The number of carbonyl (C=O) groups is 1. The summed E-state index contributed by atoms with van der Waals surface area (Å²) in [7, 11) is 1.35. The summed E-state index contributed by atoms with van der Waals surface area (Å²) in [5, 5.41) is 0. The van der Waals surface area contributed by atoms with Crippen LogP contribution in [-0.4, -0.2) is 19.2 Å². The zero-order valence-corrected chi connectivity index (χ0v) is 6.32. The van der Waals surface area contributed by atoms with E-state index in [0.717, 1.165) is 6.42 Å². The van der Waals surface area contributed by atoms with Crippen LogP contribution in [0.5, 0.6) is 0 Å². The van der Waals surface area contributed by atoms with E-state index < -0.39 is 0 Å². The SMILES string of the molecule is COC(=O)/C=C/C1CC=CO1. The lowest BCUT2D eigenvalue weighted by Gasteiger charge is -2.01. The van der Waals surface area contributed by atoms with Crippen molar-refractivity contribution in [3.05, 3.63) is 24.5 Å². The molecule has 0 aliphatic carbocycles. The molecule has 0 aromatic carbocycles. The lowest BCUT2D eigenvalue weighted by atomic mass is 10.2. The van der Waals surface area contributed by atoms with Gasteiger partial charge in [0.25, 0.3) is 0 Å². The molecule has 0 aromatic heterocycles. The fourth-order valence-corrected chi connectivity index (χ4v) is 0.780. The molecule has 0 spiro atoms. The number of ether oxygens (including phenoxy) is 2. The third kappa shape index (κ3) is 2.45. The molecular formula is C8H10O3. The van der Waals surface area contributed by atoms with Crippen LogP contribution >= 0.6 is 0 Å². The molecule has 3 heteroatoms. The molecule has 1 aliphatic rings. The molecule has 1 atom stereocenters. The minimum atomic E-state index is -0.347. The van der Waals surface area contributed by atoms with Crippen LogP contribution in [0, 0.1) is 0 Å². The quantitative estimate of drug-likeness (QED) is 0.440. The highest BCUT2D eigenvalue weighted by Gasteiger charge is 2.06. The Hall–Kier alpha value is -1.25. The van der Waals surface area contributed by atoms with Crippen LogP contribution in [0.3, 0.4) is 0 Å². The lowest BCUT2D eigenvalue weighted by Crippen LogP contribution is -2.02. The van der Waals surface area contributed by atoms with Crippen molar-refractivity contribution in [3.8, 4) is 0 Å². The maximum atomic E-state index is 10.6.